The molecule has 0 aliphatic heterocycles. The summed E-state index contributed by atoms with van der Waals surface area (Å²) in [6.45, 7) is 2.57. The van der Waals surface area contributed by atoms with E-state index in [1.807, 2.05) is 49.4 Å². The summed E-state index contributed by atoms with van der Waals surface area (Å²) in [5.41, 5.74) is 1.89. The van der Waals surface area contributed by atoms with E-state index in [1.54, 1.807) is 0 Å². The van der Waals surface area contributed by atoms with E-state index in [1.165, 1.54) is 0 Å². The fourth-order valence-corrected chi connectivity index (χ4v) is 2.42. The average Bonchev–Trinajstić information content (AvgIpc) is 2.47. The van der Waals surface area contributed by atoms with E-state index < -0.39 is 0 Å². The number of hydrogen-bond donors (Lipinski definition) is 0. The lowest BCUT2D eigenvalue weighted by molar-refractivity contribution is 0.0973. The van der Waals surface area contributed by atoms with Crippen LogP contribution in [0.2, 0.25) is 0 Å². The number of ketones is 1. The third-order valence-corrected chi connectivity index (χ3v) is 4.53. The van der Waals surface area contributed by atoms with E-state index in [0.29, 0.717) is 19.4 Å². The van der Waals surface area contributed by atoms with Gasteiger partial charge in [0.15, 0.2) is 5.78 Å². The standard InChI is InChI=1S/C17H16Br2O2/c1-12-11-15(8-9-16(12)19)21-10-2-3-17(20)13-4-6-14(18)7-5-13/h4-9,11H,2-3,10H2,1H3. The molecule has 0 aliphatic rings. The third kappa shape index (κ3) is 4.97. The van der Waals surface area contributed by atoms with Gasteiger partial charge in [-0.2, -0.15) is 0 Å². The second-order valence-electron chi connectivity index (χ2n) is 4.79. The van der Waals surface area contributed by atoms with Crippen LogP contribution < -0.4 is 4.74 Å². The summed E-state index contributed by atoms with van der Waals surface area (Å²) in [6, 6.07) is 13.3. The molecule has 0 aliphatic carbocycles. The van der Waals surface area contributed by atoms with Crippen molar-refractivity contribution >= 4 is 37.6 Å². The molecule has 2 nitrogen and oxygen atoms in total. The van der Waals surface area contributed by atoms with E-state index in [0.717, 1.165) is 25.8 Å². The smallest absolute Gasteiger partial charge is 0.163 e. The molecule has 0 spiro atoms. The van der Waals surface area contributed by atoms with Crippen LogP contribution in [0.25, 0.3) is 0 Å². The van der Waals surface area contributed by atoms with Crippen molar-refractivity contribution in [2.75, 3.05) is 6.61 Å². The van der Waals surface area contributed by atoms with Crippen LogP contribution in [0.15, 0.2) is 51.4 Å². The number of Topliss-reactive ketones (excluding diaryl/α,β-unsaturated/α-hetero) is 1. The van der Waals surface area contributed by atoms with Crippen LogP contribution in [0.3, 0.4) is 0 Å². The molecule has 0 radical (unpaired) electrons. The molecule has 2 aromatic rings. The zero-order valence-electron chi connectivity index (χ0n) is 11.7. The Bertz CT molecular complexity index is 621. The summed E-state index contributed by atoms with van der Waals surface area (Å²) < 4.78 is 7.72. The van der Waals surface area contributed by atoms with Crippen molar-refractivity contribution in [3.8, 4) is 5.75 Å². The first-order chi connectivity index (χ1) is 10.1. The molecule has 0 saturated carbocycles. The lowest BCUT2D eigenvalue weighted by Gasteiger charge is -2.07. The maximum atomic E-state index is 12.0. The van der Waals surface area contributed by atoms with Gasteiger partial charge in [0.1, 0.15) is 5.75 Å². The van der Waals surface area contributed by atoms with Crippen LogP contribution in [0, 0.1) is 6.92 Å². The van der Waals surface area contributed by atoms with Crippen LogP contribution in [0.1, 0.15) is 28.8 Å². The van der Waals surface area contributed by atoms with E-state index in [-0.39, 0.29) is 5.78 Å². The maximum Gasteiger partial charge on any atom is 0.163 e. The number of rotatable bonds is 6. The van der Waals surface area contributed by atoms with Crippen LogP contribution >= 0.6 is 31.9 Å². The minimum atomic E-state index is 0.151. The molecular weight excluding hydrogens is 396 g/mol. The topological polar surface area (TPSA) is 26.3 Å². The van der Waals surface area contributed by atoms with Gasteiger partial charge in [-0.1, -0.05) is 44.0 Å². The normalized spacial score (nSPS) is 10.4. The van der Waals surface area contributed by atoms with Crippen molar-refractivity contribution < 1.29 is 9.53 Å². The lowest BCUT2D eigenvalue weighted by Crippen LogP contribution is -2.04. The Hall–Kier alpha value is -1.13. The van der Waals surface area contributed by atoms with Crippen LogP contribution in [-0.4, -0.2) is 12.4 Å². The zero-order valence-corrected chi connectivity index (χ0v) is 14.9. The maximum absolute atomic E-state index is 12.0. The molecule has 0 atom stereocenters. The summed E-state index contributed by atoms with van der Waals surface area (Å²) in [6.07, 6.45) is 1.21. The van der Waals surface area contributed by atoms with Gasteiger partial charge in [0.05, 0.1) is 6.61 Å². The molecule has 0 fully saturated rings. The Balaban J connectivity index is 1.77. The summed E-state index contributed by atoms with van der Waals surface area (Å²) in [5, 5.41) is 0. The quantitative estimate of drug-likeness (QED) is 0.459. The molecule has 21 heavy (non-hydrogen) atoms. The van der Waals surface area contributed by atoms with Gasteiger partial charge < -0.3 is 4.74 Å². The molecule has 110 valence electrons. The molecule has 0 amide bonds. The van der Waals surface area contributed by atoms with E-state index in [9.17, 15) is 4.79 Å². The molecule has 0 saturated heterocycles. The molecule has 0 bridgehead atoms. The minimum absolute atomic E-state index is 0.151. The number of hydrogen-bond acceptors (Lipinski definition) is 2. The van der Waals surface area contributed by atoms with Crippen LogP contribution in [0.5, 0.6) is 5.75 Å². The van der Waals surface area contributed by atoms with Crippen molar-refractivity contribution in [2.24, 2.45) is 0 Å². The molecule has 2 rings (SSSR count). The fourth-order valence-electron chi connectivity index (χ4n) is 1.91. The second-order valence-corrected chi connectivity index (χ2v) is 6.56. The van der Waals surface area contributed by atoms with Crippen molar-refractivity contribution in [3.63, 3.8) is 0 Å². The molecule has 0 N–H and O–H groups in total. The van der Waals surface area contributed by atoms with Gasteiger partial charge in [0.2, 0.25) is 0 Å². The highest BCUT2D eigenvalue weighted by molar-refractivity contribution is 9.10. The number of carbonyl (C=O) groups is 1. The Morgan fingerprint density at radius 2 is 1.81 bits per heavy atom. The number of ether oxygens (including phenoxy) is 1. The van der Waals surface area contributed by atoms with Gasteiger partial charge in [-0.3, -0.25) is 4.79 Å². The van der Waals surface area contributed by atoms with Crippen molar-refractivity contribution in [2.45, 2.75) is 19.8 Å². The van der Waals surface area contributed by atoms with Crippen LogP contribution in [0.4, 0.5) is 0 Å². The van der Waals surface area contributed by atoms with E-state index in [2.05, 4.69) is 31.9 Å². The zero-order chi connectivity index (χ0) is 15.2. The Morgan fingerprint density at radius 1 is 1.10 bits per heavy atom. The van der Waals surface area contributed by atoms with Gasteiger partial charge in [-0.05, 0) is 49.2 Å². The van der Waals surface area contributed by atoms with Crippen molar-refractivity contribution in [3.05, 3.63) is 62.5 Å². The number of carbonyl (C=O) groups excluding carboxylic acids is 1. The molecule has 2 aromatic carbocycles. The molecular formula is C17H16Br2O2. The molecule has 0 unspecified atom stereocenters. The molecule has 0 aromatic heterocycles. The molecule has 0 heterocycles. The first-order valence-electron chi connectivity index (χ1n) is 6.74. The predicted octanol–water partition coefficient (Wildman–Crippen LogP) is 5.56. The van der Waals surface area contributed by atoms with Gasteiger partial charge in [-0.25, -0.2) is 0 Å². The number of aryl methyl sites for hydroxylation is 1. The van der Waals surface area contributed by atoms with Gasteiger partial charge >= 0.3 is 0 Å². The van der Waals surface area contributed by atoms with Crippen molar-refractivity contribution in [1.29, 1.82) is 0 Å². The monoisotopic (exact) mass is 410 g/mol. The average molecular weight is 412 g/mol. The predicted molar refractivity (Wildman–Crippen MR) is 92.1 cm³/mol. The van der Waals surface area contributed by atoms with Crippen molar-refractivity contribution in [1.82, 2.24) is 0 Å². The third-order valence-electron chi connectivity index (χ3n) is 3.11. The van der Waals surface area contributed by atoms with E-state index in [4.69, 9.17) is 4.74 Å². The SMILES string of the molecule is Cc1cc(OCCCC(=O)c2ccc(Br)cc2)ccc1Br. The summed E-state index contributed by atoms with van der Waals surface area (Å²) in [7, 11) is 0. The molecule has 4 heteroatoms. The highest BCUT2D eigenvalue weighted by Crippen LogP contribution is 2.21. The summed E-state index contributed by atoms with van der Waals surface area (Å²) in [5.74, 6) is 0.991. The first-order valence-corrected chi connectivity index (χ1v) is 8.32. The number of benzene rings is 2. The largest absolute Gasteiger partial charge is 0.494 e. The second kappa shape index (κ2) is 7.76. The van der Waals surface area contributed by atoms with E-state index >= 15 is 0 Å². The van der Waals surface area contributed by atoms with Gasteiger partial charge in [0.25, 0.3) is 0 Å². The van der Waals surface area contributed by atoms with Gasteiger partial charge in [-0.15, -0.1) is 0 Å². The van der Waals surface area contributed by atoms with Crippen LogP contribution in [-0.2, 0) is 0 Å². The fraction of sp³-hybridized carbons (Fsp3) is 0.235. The summed E-state index contributed by atoms with van der Waals surface area (Å²) in [4.78, 5) is 12.0. The summed E-state index contributed by atoms with van der Waals surface area (Å²) >= 11 is 6.82. The highest BCUT2D eigenvalue weighted by Gasteiger charge is 2.05. The first kappa shape index (κ1) is 16.2. The Morgan fingerprint density at radius 3 is 2.48 bits per heavy atom. The van der Waals surface area contributed by atoms with Gasteiger partial charge in [0, 0.05) is 20.9 Å². The highest BCUT2D eigenvalue weighted by atomic mass is 79.9. The number of halogens is 2. The lowest BCUT2D eigenvalue weighted by atomic mass is 10.1. The minimum Gasteiger partial charge on any atom is -0.494 e. The Kier molecular flexibility index (Phi) is 6.00. The Labute approximate surface area is 141 Å².